The lowest BCUT2D eigenvalue weighted by molar-refractivity contribution is 0.411. The number of nitrogens with two attached hydrogens (primary N) is 1. The number of rotatable bonds is 4. The van der Waals surface area contributed by atoms with Crippen LogP contribution in [-0.2, 0) is 5.75 Å². The number of thioether (sulfide) groups is 1. The van der Waals surface area contributed by atoms with Gasteiger partial charge in [0.05, 0.1) is 7.11 Å². The van der Waals surface area contributed by atoms with E-state index in [4.69, 9.17) is 10.5 Å². The van der Waals surface area contributed by atoms with Crippen molar-refractivity contribution < 1.29 is 4.74 Å². The van der Waals surface area contributed by atoms with Gasteiger partial charge in [0, 0.05) is 21.9 Å². The molecule has 0 unspecified atom stereocenters. The van der Waals surface area contributed by atoms with E-state index in [1.54, 1.807) is 18.9 Å². The van der Waals surface area contributed by atoms with Crippen LogP contribution in [0.1, 0.15) is 5.56 Å². The zero-order valence-electron chi connectivity index (χ0n) is 9.72. The second-order valence-electron chi connectivity index (χ2n) is 3.67. The fourth-order valence-corrected chi connectivity index (χ4v) is 2.54. The molecule has 2 aromatic rings. The third-order valence-electron chi connectivity index (χ3n) is 2.44. The van der Waals surface area contributed by atoms with Gasteiger partial charge in [-0.1, -0.05) is 24.3 Å². The number of hydrogen-bond acceptors (Lipinski definition) is 3. The van der Waals surface area contributed by atoms with Gasteiger partial charge in [-0.05, 0) is 24.3 Å². The van der Waals surface area contributed by atoms with Gasteiger partial charge in [-0.25, -0.2) is 0 Å². The normalized spacial score (nSPS) is 10.2. The summed E-state index contributed by atoms with van der Waals surface area (Å²) in [4.78, 5) is 1.18. The van der Waals surface area contributed by atoms with Crippen LogP contribution in [-0.4, -0.2) is 7.11 Å². The number of nitrogen functional groups attached to an aromatic ring is 1. The van der Waals surface area contributed by atoms with Gasteiger partial charge in [0.1, 0.15) is 5.75 Å². The minimum absolute atomic E-state index is 0.801. The Morgan fingerprint density at radius 3 is 2.71 bits per heavy atom. The van der Waals surface area contributed by atoms with E-state index < -0.39 is 0 Å². The van der Waals surface area contributed by atoms with Crippen LogP contribution in [0, 0.1) is 0 Å². The topological polar surface area (TPSA) is 35.2 Å². The number of anilines is 1. The predicted molar refractivity (Wildman–Crippen MR) is 73.4 cm³/mol. The molecule has 88 valence electrons. The summed E-state index contributed by atoms with van der Waals surface area (Å²) in [7, 11) is 1.70. The minimum Gasteiger partial charge on any atom is -0.496 e. The van der Waals surface area contributed by atoms with Crippen LogP contribution < -0.4 is 10.5 Å². The molecule has 0 bridgehead atoms. The number of ether oxygens (including phenoxy) is 1. The van der Waals surface area contributed by atoms with Gasteiger partial charge >= 0.3 is 0 Å². The van der Waals surface area contributed by atoms with Crippen molar-refractivity contribution >= 4 is 17.4 Å². The molecule has 0 aliphatic heterocycles. The number of methoxy groups -OCH3 is 1. The Kier molecular flexibility index (Phi) is 3.94. The molecule has 2 nitrogen and oxygen atoms in total. The highest BCUT2D eigenvalue weighted by Crippen LogP contribution is 2.28. The molecular formula is C14H15NOS. The Morgan fingerprint density at radius 1 is 1.12 bits per heavy atom. The maximum absolute atomic E-state index is 5.75. The van der Waals surface area contributed by atoms with E-state index in [1.165, 1.54) is 10.5 Å². The second-order valence-corrected chi connectivity index (χ2v) is 4.72. The predicted octanol–water partition coefficient (Wildman–Crippen LogP) is 3.57. The summed E-state index contributed by atoms with van der Waals surface area (Å²) in [5, 5.41) is 0. The van der Waals surface area contributed by atoms with Crippen LogP contribution in [0.25, 0.3) is 0 Å². The van der Waals surface area contributed by atoms with Gasteiger partial charge in [-0.15, -0.1) is 11.8 Å². The smallest absolute Gasteiger partial charge is 0.122 e. The third-order valence-corrected chi connectivity index (χ3v) is 3.49. The van der Waals surface area contributed by atoms with Crippen molar-refractivity contribution in [3.63, 3.8) is 0 Å². The van der Waals surface area contributed by atoms with E-state index >= 15 is 0 Å². The summed E-state index contributed by atoms with van der Waals surface area (Å²) in [6.45, 7) is 0. The van der Waals surface area contributed by atoms with Crippen molar-refractivity contribution in [2.24, 2.45) is 0 Å². The third kappa shape index (κ3) is 3.17. The SMILES string of the molecule is COc1ccccc1CSc1cccc(N)c1. The summed E-state index contributed by atoms with van der Waals surface area (Å²) in [5.74, 6) is 1.82. The molecule has 0 saturated heterocycles. The van der Waals surface area contributed by atoms with Crippen molar-refractivity contribution in [3.8, 4) is 5.75 Å². The summed E-state index contributed by atoms with van der Waals surface area (Å²) in [6, 6.07) is 16.0. The molecule has 0 aliphatic rings. The van der Waals surface area contributed by atoms with Gasteiger partial charge in [-0.3, -0.25) is 0 Å². The fraction of sp³-hybridized carbons (Fsp3) is 0.143. The molecule has 0 saturated carbocycles. The summed E-state index contributed by atoms with van der Waals surface area (Å²) >= 11 is 1.76. The fourth-order valence-electron chi connectivity index (χ4n) is 1.59. The largest absolute Gasteiger partial charge is 0.496 e. The molecule has 0 spiro atoms. The van der Waals surface area contributed by atoms with Gasteiger partial charge in [0.25, 0.3) is 0 Å². The van der Waals surface area contributed by atoms with Crippen LogP contribution in [0.4, 0.5) is 5.69 Å². The monoisotopic (exact) mass is 245 g/mol. The van der Waals surface area contributed by atoms with E-state index in [0.717, 1.165) is 17.2 Å². The molecule has 2 aromatic carbocycles. The molecule has 0 heterocycles. The zero-order chi connectivity index (χ0) is 12.1. The molecule has 0 fully saturated rings. The van der Waals surface area contributed by atoms with Crippen LogP contribution in [0.3, 0.4) is 0 Å². The first kappa shape index (κ1) is 11.9. The molecular weight excluding hydrogens is 230 g/mol. The van der Waals surface area contributed by atoms with E-state index in [1.807, 2.05) is 36.4 Å². The highest BCUT2D eigenvalue weighted by molar-refractivity contribution is 7.98. The van der Waals surface area contributed by atoms with Crippen molar-refractivity contribution in [1.29, 1.82) is 0 Å². The average Bonchev–Trinajstić information content (AvgIpc) is 2.37. The van der Waals surface area contributed by atoms with E-state index in [-0.39, 0.29) is 0 Å². The Hall–Kier alpha value is -1.61. The first-order valence-electron chi connectivity index (χ1n) is 5.40. The molecule has 0 aromatic heterocycles. The lowest BCUT2D eigenvalue weighted by Gasteiger charge is -2.08. The molecule has 2 N–H and O–H groups in total. The van der Waals surface area contributed by atoms with Crippen molar-refractivity contribution in [3.05, 3.63) is 54.1 Å². The molecule has 0 atom stereocenters. The van der Waals surface area contributed by atoms with Crippen LogP contribution in [0.2, 0.25) is 0 Å². The van der Waals surface area contributed by atoms with Gasteiger partial charge in [0.2, 0.25) is 0 Å². The molecule has 3 heteroatoms. The van der Waals surface area contributed by atoms with Crippen molar-refractivity contribution in [2.75, 3.05) is 12.8 Å². The summed E-state index contributed by atoms with van der Waals surface area (Å²) < 4.78 is 5.32. The molecule has 0 radical (unpaired) electrons. The first-order chi connectivity index (χ1) is 8.29. The maximum Gasteiger partial charge on any atom is 0.122 e. The Labute approximate surface area is 106 Å². The number of para-hydroxylation sites is 1. The average molecular weight is 245 g/mol. The van der Waals surface area contributed by atoms with Gasteiger partial charge < -0.3 is 10.5 Å². The highest BCUT2D eigenvalue weighted by Gasteiger charge is 2.02. The first-order valence-corrected chi connectivity index (χ1v) is 6.38. The van der Waals surface area contributed by atoms with Gasteiger partial charge in [-0.2, -0.15) is 0 Å². The van der Waals surface area contributed by atoms with Gasteiger partial charge in [0.15, 0.2) is 0 Å². The minimum atomic E-state index is 0.801. The summed E-state index contributed by atoms with van der Waals surface area (Å²) in [6.07, 6.45) is 0. The van der Waals surface area contributed by atoms with Crippen LogP contribution in [0.5, 0.6) is 5.75 Å². The van der Waals surface area contributed by atoms with Crippen molar-refractivity contribution in [2.45, 2.75) is 10.6 Å². The Morgan fingerprint density at radius 2 is 1.94 bits per heavy atom. The lowest BCUT2D eigenvalue weighted by atomic mass is 10.2. The van der Waals surface area contributed by atoms with Crippen molar-refractivity contribution in [1.82, 2.24) is 0 Å². The van der Waals surface area contributed by atoms with Crippen LogP contribution >= 0.6 is 11.8 Å². The van der Waals surface area contributed by atoms with E-state index in [0.29, 0.717) is 0 Å². The molecule has 0 aliphatic carbocycles. The van der Waals surface area contributed by atoms with E-state index in [2.05, 4.69) is 12.1 Å². The molecule has 2 rings (SSSR count). The Balaban J connectivity index is 2.07. The zero-order valence-corrected chi connectivity index (χ0v) is 10.5. The molecule has 17 heavy (non-hydrogen) atoms. The number of hydrogen-bond donors (Lipinski definition) is 1. The Bertz CT molecular complexity index is 499. The van der Waals surface area contributed by atoms with Crippen LogP contribution in [0.15, 0.2) is 53.4 Å². The summed E-state index contributed by atoms with van der Waals surface area (Å²) in [5.41, 5.74) is 7.74. The van der Waals surface area contributed by atoms with E-state index in [9.17, 15) is 0 Å². The second kappa shape index (κ2) is 5.64. The molecule has 0 amide bonds. The number of benzene rings is 2. The maximum atomic E-state index is 5.75. The standard InChI is InChI=1S/C14H15NOS/c1-16-14-8-3-2-5-11(14)10-17-13-7-4-6-12(15)9-13/h2-9H,10,15H2,1H3. The quantitative estimate of drug-likeness (QED) is 0.660. The highest BCUT2D eigenvalue weighted by atomic mass is 32.2. The lowest BCUT2D eigenvalue weighted by Crippen LogP contribution is -1.89.